The first kappa shape index (κ1) is 31.5. The van der Waals surface area contributed by atoms with Crippen LogP contribution in [-0.4, -0.2) is 88.9 Å². The molecule has 224 valence electrons. The largest absolute Gasteiger partial charge is 0.380 e. The van der Waals surface area contributed by atoms with Gasteiger partial charge in [0.1, 0.15) is 5.82 Å². The van der Waals surface area contributed by atoms with E-state index in [4.69, 9.17) is 11.6 Å². The summed E-state index contributed by atoms with van der Waals surface area (Å²) in [6, 6.07) is 11.2. The number of nitrogens with one attached hydrogen (secondary N) is 1. The Hall–Kier alpha value is -2.47. The van der Waals surface area contributed by atoms with Crippen molar-refractivity contribution >= 4 is 42.6 Å². The summed E-state index contributed by atoms with van der Waals surface area (Å²) in [4.78, 5) is 31.2. The van der Waals surface area contributed by atoms with Crippen LogP contribution in [0.15, 0.2) is 42.5 Å². The van der Waals surface area contributed by atoms with Gasteiger partial charge < -0.3 is 20.2 Å². The first-order valence-electron chi connectivity index (χ1n) is 13.7. The summed E-state index contributed by atoms with van der Waals surface area (Å²) >= 11 is 6.40. The molecule has 0 spiro atoms. The number of halogens is 4. The number of alkyl halides is 2. The molecule has 41 heavy (non-hydrogen) atoms. The molecule has 3 saturated heterocycles. The topological polar surface area (TPSA) is 76.1 Å². The number of nitrogens with zero attached hydrogens (tertiary/aromatic N) is 3. The van der Waals surface area contributed by atoms with Crippen LogP contribution in [-0.2, 0) is 10.4 Å². The number of hydrogen-bond donors (Lipinski definition) is 2. The van der Waals surface area contributed by atoms with Crippen LogP contribution in [0, 0.1) is 5.82 Å². The lowest BCUT2D eigenvalue weighted by Gasteiger charge is -2.48. The second-order valence-electron chi connectivity index (χ2n) is 11.2. The first-order chi connectivity index (χ1) is 18.9. The van der Waals surface area contributed by atoms with Gasteiger partial charge in [0, 0.05) is 63.8 Å². The summed E-state index contributed by atoms with van der Waals surface area (Å²) in [6.45, 7) is 4.11. The maximum absolute atomic E-state index is 13.6. The lowest BCUT2D eigenvalue weighted by atomic mass is 9.92. The van der Waals surface area contributed by atoms with E-state index in [9.17, 15) is 27.9 Å². The van der Waals surface area contributed by atoms with E-state index >= 15 is 0 Å². The van der Waals surface area contributed by atoms with Crippen LogP contribution in [0.25, 0.3) is 0 Å². The number of piperidine rings is 2. The Morgan fingerprint density at radius 3 is 2.29 bits per heavy atom. The van der Waals surface area contributed by atoms with Crippen molar-refractivity contribution in [1.29, 1.82) is 0 Å². The Bertz CT molecular complexity index is 1260. The van der Waals surface area contributed by atoms with E-state index < -0.39 is 23.2 Å². The van der Waals surface area contributed by atoms with Crippen molar-refractivity contribution in [3.05, 3.63) is 64.4 Å². The predicted molar refractivity (Wildman–Crippen MR) is 156 cm³/mol. The van der Waals surface area contributed by atoms with E-state index in [0.717, 1.165) is 31.6 Å². The number of anilines is 1. The van der Waals surface area contributed by atoms with Gasteiger partial charge >= 0.3 is 0 Å². The van der Waals surface area contributed by atoms with Crippen molar-refractivity contribution in [3.63, 3.8) is 0 Å². The van der Waals surface area contributed by atoms with Crippen LogP contribution < -0.4 is 5.32 Å². The zero-order valence-corrected chi connectivity index (χ0v) is 24.6. The number of amides is 2. The molecule has 0 radical (unpaired) electrons. The van der Waals surface area contributed by atoms with Crippen molar-refractivity contribution in [3.8, 4) is 0 Å². The lowest BCUT2D eigenvalue weighted by Crippen LogP contribution is -2.61. The molecule has 0 saturated carbocycles. The van der Waals surface area contributed by atoms with Gasteiger partial charge in [0.05, 0.1) is 16.6 Å². The highest BCUT2D eigenvalue weighted by Gasteiger charge is 2.40. The third-order valence-corrected chi connectivity index (χ3v) is 8.65. The van der Waals surface area contributed by atoms with E-state index in [0.29, 0.717) is 24.7 Å². The minimum atomic E-state index is -2.72. The molecule has 0 aromatic heterocycles. The first-order valence-corrected chi connectivity index (χ1v) is 14.1. The summed E-state index contributed by atoms with van der Waals surface area (Å²) in [5.74, 6) is -3.96. The third-order valence-electron chi connectivity index (χ3n) is 8.33. The fourth-order valence-corrected chi connectivity index (χ4v) is 6.04. The SMILES string of the molecule is C[C@@](O)(C(=O)N1CCC(N2CC(Nc3ccc(C(=O)N4CCC(F)(F)CC4)c(Cl)c3)C2)CC1)c1cccc(F)c1.S. The Labute approximate surface area is 250 Å². The summed E-state index contributed by atoms with van der Waals surface area (Å²) < 4.78 is 40.5. The van der Waals surface area contributed by atoms with Gasteiger partial charge in [-0.3, -0.25) is 14.5 Å². The summed E-state index contributed by atoms with van der Waals surface area (Å²) in [7, 11) is 0. The van der Waals surface area contributed by atoms with Gasteiger partial charge in [-0.15, -0.1) is 0 Å². The second kappa shape index (κ2) is 12.4. The van der Waals surface area contributed by atoms with Crippen molar-refractivity contribution in [2.45, 2.75) is 56.2 Å². The molecular weight excluding hydrogens is 577 g/mol. The van der Waals surface area contributed by atoms with Crippen LogP contribution in [0.4, 0.5) is 18.9 Å². The molecule has 3 aliphatic rings. The van der Waals surface area contributed by atoms with Gasteiger partial charge in [-0.05, 0) is 55.7 Å². The smallest absolute Gasteiger partial charge is 0.258 e. The average Bonchev–Trinajstić information content (AvgIpc) is 2.90. The maximum atomic E-state index is 13.6. The highest BCUT2D eigenvalue weighted by Crippen LogP contribution is 2.31. The van der Waals surface area contributed by atoms with Crippen LogP contribution in [0.5, 0.6) is 0 Å². The van der Waals surface area contributed by atoms with E-state index in [-0.39, 0.29) is 62.0 Å². The van der Waals surface area contributed by atoms with Crippen molar-refractivity contribution in [1.82, 2.24) is 14.7 Å². The predicted octanol–water partition coefficient (Wildman–Crippen LogP) is 4.46. The normalized spacial score (nSPS) is 21.4. The molecule has 0 unspecified atom stereocenters. The minimum absolute atomic E-state index is 0. The molecule has 0 aliphatic carbocycles. The highest BCUT2D eigenvalue weighted by molar-refractivity contribution is 7.59. The highest BCUT2D eigenvalue weighted by atomic mass is 35.5. The van der Waals surface area contributed by atoms with Crippen molar-refractivity contribution in [2.75, 3.05) is 44.6 Å². The number of likely N-dealkylation sites (tertiary alicyclic amines) is 3. The number of carbonyl (C=O) groups excluding carboxylic acids is 2. The van der Waals surface area contributed by atoms with Gasteiger partial charge in [-0.1, -0.05) is 23.7 Å². The van der Waals surface area contributed by atoms with E-state index in [1.54, 1.807) is 29.2 Å². The molecule has 5 rings (SSSR count). The summed E-state index contributed by atoms with van der Waals surface area (Å²) in [5.41, 5.74) is -0.448. The standard InChI is InChI=1S/C29H34ClF3N4O3.H2S/c1-28(40,19-3-2-4-20(31)15-19)27(39)36-11-7-23(8-12-36)37-17-22(18-37)34-21-5-6-24(25(30)16-21)26(38)35-13-9-29(32,33)10-14-35;/h2-6,15-16,22-23,34,40H,7-14,17-18H2,1H3;1H2/t28-;/m0./s1. The van der Waals surface area contributed by atoms with Gasteiger partial charge in [0.25, 0.3) is 17.7 Å². The Kier molecular flexibility index (Phi) is 9.52. The average molecular weight is 613 g/mol. The van der Waals surface area contributed by atoms with Crippen LogP contribution in [0.3, 0.4) is 0 Å². The Morgan fingerprint density at radius 2 is 1.68 bits per heavy atom. The van der Waals surface area contributed by atoms with Crippen LogP contribution >= 0.6 is 25.1 Å². The molecule has 3 heterocycles. The number of aliphatic hydroxyl groups is 1. The quantitative estimate of drug-likeness (QED) is 0.504. The fraction of sp³-hybridized carbons (Fsp3) is 0.517. The number of carbonyl (C=O) groups is 2. The van der Waals surface area contributed by atoms with E-state index in [1.807, 2.05) is 0 Å². The van der Waals surface area contributed by atoms with Gasteiger partial charge in [0.2, 0.25) is 0 Å². The molecule has 2 N–H and O–H groups in total. The minimum Gasteiger partial charge on any atom is -0.380 e. The molecule has 2 amide bonds. The number of hydrogen-bond acceptors (Lipinski definition) is 5. The molecule has 2 aromatic carbocycles. The third kappa shape index (κ3) is 6.96. The van der Waals surface area contributed by atoms with Gasteiger partial charge in [0.15, 0.2) is 5.60 Å². The lowest BCUT2D eigenvalue weighted by molar-refractivity contribution is -0.152. The summed E-state index contributed by atoms with van der Waals surface area (Å²) in [5, 5.41) is 14.6. The molecule has 1 atom stereocenters. The molecular formula is C29H36ClF3N4O3S. The number of rotatable bonds is 6. The van der Waals surface area contributed by atoms with E-state index in [1.165, 1.54) is 30.0 Å². The molecule has 3 aliphatic heterocycles. The molecule has 2 aromatic rings. The molecule has 0 bridgehead atoms. The second-order valence-corrected chi connectivity index (χ2v) is 11.7. The fourth-order valence-electron chi connectivity index (χ4n) is 5.78. The molecule has 7 nitrogen and oxygen atoms in total. The van der Waals surface area contributed by atoms with Crippen molar-refractivity contribution in [2.24, 2.45) is 0 Å². The maximum Gasteiger partial charge on any atom is 0.258 e. The monoisotopic (exact) mass is 612 g/mol. The van der Waals surface area contributed by atoms with Crippen molar-refractivity contribution < 1.29 is 27.9 Å². The number of benzene rings is 2. The van der Waals surface area contributed by atoms with Crippen LogP contribution in [0.2, 0.25) is 5.02 Å². The summed E-state index contributed by atoms with van der Waals surface area (Å²) in [6.07, 6.45) is 0.893. The zero-order chi connectivity index (χ0) is 28.7. The Balaban J connectivity index is 0.00000387. The Morgan fingerprint density at radius 1 is 1.02 bits per heavy atom. The molecule has 12 heteroatoms. The van der Waals surface area contributed by atoms with Gasteiger partial charge in [-0.2, -0.15) is 13.5 Å². The van der Waals surface area contributed by atoms with Gasteiger partial charge in [-0.25, -0.2) is 13.2 Å². The van der Waals surface area contributed by atoms with Crippen LogP contribution in [0.1, 0.15) is 48.5 Å². The van der Waals surface area contributed by atoms with E-state index in [2.05, 4.69) is 10.2 Å². The molecule has 3 fully saturated rings. The zero-order valence-electron chi connectivity index (χ0n) is 22.9.